The Hall–Kier alpha value is -4.96. The number of esters is 1. The molecule has 0 aliphatic carbocycles. The van der Waals surface area contributed by atoms with Gasteiger partial charge in [-0.2, -0.15) is 0 Å². The maximum atomic E-state index is 13.6. The number of hydrogen-bond donors (Lipinski definition) is 4. The SMILES string of the molecule is COC(=O)COc1c(Cl)cc(C(c2c(-c3ccc(C)cc3)[nH][nH]c2=O)c2c(-c3ccc(C)cc3)[nH][nH]c2=O)cc1OC. The summed E-state index contributed by atoms with van der Waals surface area (Å²) in [5.41, 5.74) is 4.91. The van der Waals surface area contributed by atoms with Gasteiger partial charge < -0.3 is 14.2 Å². The standard InChI is InChI=1S/C31H29ClN4O6/c1-16-5-9-18(10-6-16)27-25(30(38)35-33-27)24(26-28(34-36-31(26)39)19-11-7-17(2)8-12-19)20-13-21(32)29(22(14-20)40-3)42-15-23(37)41-4/h5-14,24H,15H2,1-4H3,(H2,33,35,38)(H2,34,36,39). The van der Waals surface area contributed by atoms with Gasteiger partial charge in [-0.25, -0.2) is 4.79 Å². The van der Waals surface area contributed by atoms with Crippen molar-refractivity contribution in [2.24, 2.45) is 0 Å². The van der Waals surface area contributed by atoms with Crippen LogP contribution in [0.4, 0.5) is 0 Å². The molecule has 2 aromatic heterocycles. The highest BCUT2D eigenvalue weighted by Gasteiger charge is 2.32. The highest BCUT2D eigenvalue weighted by Crippen LogP contribution is 2.43. The molecule has 0 saturated heterocycles. The number of rotatable bonds is 9. The highest BCUT2D eigenvalue weighted by molar-refractivity contribution is 6.32. The van der Waals surface area contributed by atoms with Crippen LogP contribution in [0.25, 0.3) is 22.5 Å². The van der Waals surface area contributed by atoms with E-state index in [1.165, 1.54) is 14.2 Å². The third-order valence-corrected chi connectivity index (χ3v) is 7.32. The van der Waals surface area contributed by atoms with Crippen LogP contribution in [-0.4, -0.2) is 47.2 Å². The zero-order chi connectivity index (χ0) is 30.0. The van der Waals surface area contributed by atoms with Gasteiger partial charge in [-0.3, -0.25) is 30.0 Å². The average Bonchev–Trinajstić information content (AvgIpc) is 3.55. The molecule has 42 heavy (non-hydrogen) atoms. The summed E-state index contributed by atoms with van der Waals surface area (Å²) >= 11 is 6.69. The molecule has 11 heteroatoms. The van der Waals surface area contributed by atoms with Gasteiger partial charge in [0.05, 0.1) is 41.8 Å². The fourth-order valence-corrected chi connectivity index (χ4v) is 5.17. The van der Waals surface area contributed by atoms with E-state index in [1.807, 2.05) is 62.4 Å². The smallest absolute Gasteiger partial charge is 0.343 e. The zero-order valence-electron chi connectivity index (χ0n) is 23.4. The summed E-state index contributed by atoms with van der Waals surface area (Å²) in [5.74, 6) is -1.18. The van der Waals surface area contributed by atoms with Crippen LogP contribution in [0.5, 0.6) is 11.5 Å². The lowest BCUT2D eigenvalue weighted by molar-refractivity contribution is -0.142. The van der Waals surface area contributed by atoms with Crippen molar-refractivity contribution < 1.29 is 19.0 Å². The maximum Gasteiger partial charge on any atom is 0.343 e. The molecule has 3 aromatic carbocycles. The van der Waals surface area contributed by atoms with Gasteiger partial charge in [-0.15, -0.1) is 0 Å². The number of carbonyl (C=O) groups is 1. The molecule has 0 spiro atoms. The summed E-state index contributed by atoms with van der Waals surface area (Å²) in [4.78, 5) is 38.9. The molecule has 5 aromatic rings. The Labute approximate surface area is 245 Å². The summed E-state index contributed by atoms with van der Waals surface area (Å²) in [6.07, 6.45) is 0. The fraction of sp³-hybridized carbons (Fsp3) is 0.194. The van der Waals surface area contributed by atoms with Crippen molar-refractivity contribution >= 4 is 17.6 Å². The van der Waals surface area contributed by atoms with Gasteiger partial charge in [0.15, 0.2) is 18.1 Å². The topological polar surface area (TPSA) is 142 Å². The fourth-order valence-electron chi connectivity index (χ4n) is 4.90. The lowest BCUT2D eigenvalue weighted by atomic mass is 9.82. The Balaban J connectivity index is 1.78. The van der Waals surface area contributed by atoms with Crippen LogP contribution in [0.3, 0.4) is 0 Å². The molecular formula is C31H29ClN4O6. The summed E-state index contributed by atoms with van der Waals surface area (Å²) < 4.78 is 15.9. The molecule has 0 saturated carbocycles. The van der Waals surface area contributed by atoms with Crippen LogP contribution in [0.1, 0.15) is 33.7 Å². The van der Waals surface area contributed by atoms with Crippen molar-refractivity contribution in [2.75, 3.05) is 20.8 Å². The molecule has 0 unspecified atom stereocenters. The van der Waals surface area contributed by atoms with E-state index < -0.39 is 23.0 Å². The first-order valence-electron chi connectivity index (χ1n) is 13.0. The summed E-state index contributed by atoms with van der Waals surface area (Å²) in [6.45, 7) is 3.55. The predicted octanol–water partition coefficient (Wildman–Crippen LogP) is 5.06. The number of carbonyl (C=O) groups excluding carboxylic acids is 1. The third kappa shape index (κ3) is 5.48. The molecule has 0 bridgehead atoms. The number of ether oxygens (including phenoxy) is 3. The van der Waals surface area contributed by atoms with E-state index in [0.29, 0.717) is 28.1 Å². The first-order valence-corrected chi connectivity index (χ1v) is 13.4. The van der Waals surface area contributed by atoms with Crippen molar-refractivity contribution in [1.29, 1.82) is 0 Å². The first kappa shape index (κ1) is 28.6. The molecule has 10 nitrogen and oxygen atoms in total. The number of hydrogen-bond acceptors (Lipinski definition) is 6. The lowest BCUT2D eigenvalue weighted by Gasteiger charge is -2.20. The number of aromatic amines is 4. The minimum Gasteiger partial charge on any atom is -0.493 e. The molecule has 0 aliphatic heterocycles. The van der Waals surface area contributed by atoms with Crippen LogP contribution in [0.2, 0.25) is 5.02 Å². The number of aromatic nitrogens is 4. The first-order chi connectivity index (χ1) is 20.2. The van der Waals surface area contributed by atoms with Crippen molar-refractivity contribution in [3.8, 4) is 34.0 Å². The quantitative estimate of drug-likeness (QED) is 0.177. The number of aryl methyl sites for hydroxylation is 2. The van der Waals surface area contributed by atoms with Crippen LogP contribution < -0.4 is 20.6 Å². The number of methoxy groups -OCH3 is 2. The van der Waals surface area contributed by atoms with Gasteiger partial charge in [0.25, 0.3) is 11.1 Å². The van der Waals surface area contributed by atoms with E-state index in [1.54, 1.807) is 12.1 Å². The van der Waals surface area contributed by atoms with Gasteiger partial charge in [0, 0.05) is 5.92 Å². The molecule has 0 atom stereocenters. The lowest BCUT2D eigenvalue weighted by Crippen LogP contribution is -2.20. The zero-order valence-corrected chi connectivity index (χ0v) is 24.1. The second-order valence-electron chi connectivity index (χ2n) is 9.80. The maximum absolute atomic E-state index is 13.6. The molecule has 4 N–H and O–H groups in total. The largest absolute Gasteiger partial charge is 0.493 e. The Kier molecular flexibility index (Phi) is 8.08. The molecule has 2 heterocycles. The van der Waals surface area contributed by atoms with E-state index in [0.717, 1.165) is 22.3 Å². The molecule has 0 aliphatic rings. The van der Waals surface area contributed by atoms with Crippen LogP contribution >= 0.6 is 11.6 Å². The third-order valence-electron chi connectivity index (χ3n) is 7.03. The van der Waals surface area contributed by atoms with E-state index in [9.17, 15) is 14.4 Å². The molecule has 0 radical (unpaired) electrons. The van der Waals surface area contributed by atoms with Gasteiger partial charge in [0.1, 0.15) is 0 Å². The van der Waals surface area contributed by atoms with Gasteiger partial charge in [0.2, 0.25) is 0 Å². The molecule has 0 fully saturated rings. The molecule has 0 amide bonds. The normalized spacial score (nSPS) is 11.1. The van der Waals surface area contributed by atoms with Gasteiger partial charge in [-0.1, -0.05) is 71.3 Å². The Morgan fingerprint density at radius 3 is 1.74 bits per heavy atom. The second kappa shape index (κ2) is 11.9. The van der Waals surface area contributed by atoms with Gasteiger partial charge in [-0.05, 0) is 42.7 Å². The molecule has 5 rings (SSSR count). The van der Waals surface area contributed by atoms with Crippen molar-refractivity contribution in [3.63, 3.8) is 0 Å². The van der Waals surface area contributed by atoms with E-state index >= 15 is 0 Å². The van der Waals surface area contributed by atoms with E-state index in [2.05, 4.69) is 25.1 Å². The van der Waals surface area contributed by atoms with E-state index in [-0.39, 0.29) is 23.1 Å². The minimum atomic E-state index is -0.913. The number of H-pyrrole nitrogens is 4. The summed E-state index contributed by atoms with van der Waals surface area (Å²) in [6, 6.07) is 18.6. The minimum absolute atomic E-state index is 0.117. The van der Waals surface area contributed by atoms with Gasteiger partial charge >= 0.3 is 5.97 Å². The Morgan fingerprint density at radius 1 is 0.786 bits per heavy atom. The number of halogens is 1. The average molecular weight is 589 g/mol. The molecular weight excluding hydrogens is 560 g/mol. The van der Waals surface area contributed by atoms with Crippen LogP contribution in [0, 0.1) is 13.8 Å². The van der Waals surface area contributed by atoms with E-state index in [4.69, 9.17) is 21.1 Å². The summed E-state index contributed by atoms with van der Waals surface area (Å²) in [5, 5.41) is 11.5. The van der Waals surface area contributed by atoms with Crippen molar-refractivity contribution in [1.82, 2.24) is 20.4 Å². The summed E-state index contributed by atoms with van der Waals surface area (Å²) in [7, 11) is 2.68. The van der Waals surface area contributed by atoms with Crippen LogP contribution in [-0.2, 0) is 9.53 Å². The Morgan fingerprint density at radius 2 is 1.29 bits per heavy atom. The predicted molar refractivity (Wildman–Crippen MR) is 160 cm³/mol. The molecule has 216 valence electrons. The van der Waals surface area contributed by atoms with Crippen molar-refractivity contribution in [3.05, 3.63) is 114 Å². The Bertz CT molecular complexity index is 1750. The highest BCUT2D eigenvalue weighted by atomic mass is 35.5. The number of benzene rings is 3. The van der Waals surface area contributed by atoms with Crippen molar-refractivity contribution in [2.45, 2.75) is 19.8 Å². The number of nitrogens with one attached hydrogen (secondary N) is 4. The second-order valence-corrected chi connectivity index (χ2v) is 10.2. The van der Waals surface area contributed by atoms with Crippen LogP contribution in [0.15, 0.2) is 70.3 Å². The monoisotopic (exact) mass is 588 g/mol.